The van der Waals surface area contributed by atoms with Gasteiger partial charge in [-0.25, -0.2) is 9.78 Å². The van der Waals surface area contributed by atoms with Gasteiger partial charge in [0, 0.05) is 12.4 Å². The van der Waals surface area contributed by atoms with E-state index in [4.69, 9.17) is 4.74 Å². The number of rotatable bonds is 5. The van der Waals surface area contributed by atoms with Crippen LogP contribution >= 0.6 is 22.7 Å². The molecule has 8 heteroatoms. The number of esters is 1. The van der Waals surface area contributed by atoms with Crippen LogP contribution in [0.4, 0.5) is 0 Å². The molecule has 1 saturated carbocycles. The van der Waals surface area contributed by atoms with E-state index < -0.39 is 11.5 Å². The molecule has 1 fully saturated rings. The molecule has 0 radical (unpaired) electrons. The van der Waals surface area contributed by atoms with Gasteiger partial charge in [0.05, 0.1) is 10.9 Å². The van der Waals surface area contributed by atoms with E-state index in [1.807, 2.05) is 17.5 Å². The number of thiophene rings is 1. The number of nitriles is 1. The molecule has 1 amide bonds. The number of carbonyl (C=O) groups excluding carboxylic acids is 2. The van der Waals surface area contributed by atoms with Crippen molar-refractivity contribution in [2.24, 2.45) is 0 Å². The van der Waals surface area contributed by atoms with Crippen molar-refractivity contribution in [1.29, 1.82) is 5.26 Å². The quantitative estimate of drug-likeness (QED) is 0.728. The lowest BCUT2D eigenvalue weighted by Crippen LogP contribution is -2.51. The molecule has 1 aliphatic carbocycles. The smallest absolute Gasteiger partial charge is 0.358 e. The molecule has 2 aromatic rings. The van der Waals surface area contributed by atoms with E-state index in [0.717, 1.165) is 29.1 Å². The molecular weight excluding hydrogens is 370 g/mol. The van der Waals surface area contributed by atoms with Gasteiger partial charge in [0.15, 0.2) is 12.3 Å². The van der Waals surface area contributed by atoms with E-state index in [9.17, 15) is 14.9 Å². The lowest BCUT2D eigenvalue weighted by molar-refractivity contribution is -0.138. The van der Waals surface area contributed by atoms with Crippen LogP contribution in [0.5, 0.6) is 0 Å². The minimum absolute atomic E-state index is 0.196. The first-order valence-electron chi connectivity index (χ1n) is 8.40. The molecule has 0 atom stereocenters. The average molecular weight is 390 g/mol. The van der Waals surface area contributed by atoms with Gasteiger partial charge in [0.25, 0.3) is 5.91 Å². The molecular formula is C18H19N3O3S2. The van der Waals surface area contributed by atoms with Crippen LogP contribution in [0, 0.1) is 11.3 Å². The fourth-order valence-electron chi connectivity index (χ4n) is 3.08. The predicted molar refractivity (Wildman–Crippen MR) is 99.9 cm³/mol. The van der Waals surface area contributed by atoms with Crippen molar-refractivity contribution < 1.29 is 14.3 Å². The first-order valence-corrected chi connectivity index (χ1v) is 10.2. The van der Waals surface area contributed by atoms with Crippen molar-refractivity contribution in [2.75, 3.05) is 13.7 Å². The van der Waals surface area contributed by atoms with Gasteiger partial charge in [-0.1, -0.05) is 25.3 Å². The third kappa shape index (κ3) is 3.79. The summed E-state index contributed by atoms with van der Waals surface area (Å²) >= 11 is 2.91. The number of amides is 1. The number of ether oxygens (including phenoxy) is 1. The maximum Gasteiger partial charge on any atom is 0.358 e. The minimum Gasteiger partial charge on any atom is -0.451 e. The standard InChI is InChI=1S/C18H19N3O3S2/c1-21(18(12-19)7-3-2-4-8-18)15(22)10-24-17(23)13-11-26-16(20-13)14-6-5-9-25-14/h5-6,9,11H,2-4,7-8,10H2,1H3. The SMILES string of the molecule is CN(C(=O)COC(=O)c1csc(-c2cccs2)n1)C1(C#N)CCCCC1. The van der Waals surface area contributed by atoms with E-state index >= 15 is 0 Å². The molecule has 0 spiro atoms. The molecule has 136 valence electrons. The summed E-state index contributed by atoms with van der Waals surface area (Å²) in [5.41, 5.74) is -0.587. The number of likely N-dealkylation sites (N-methyl/N-ethyl adjacent to an activating group) is 1. The van der Waals surface area contributed by atoms with Crippen LogP contribution in [0.3, 0.4) is 0 Å². The second-order valence-corrected chi connectivity index (χ2v) is 8.05. The molecule has 0 aromatic carbocycles. The van der Waals surface area contributed by atoms with E-state index in [1.54, 1.807) is 23.8 Å². The van der Waals surface area contributed by atoms with Gasteiger partial charge < -0.3 is 9.64 Å². The van der Waals surface area contributed by atoms with E-state index in [2.05, 4.69) is 11.1 Å². The van der Waals surface area contributed by atoms with Crippen molar-refractivity contribution in [3.63, 3.8) is 0 Å². The Bertz CT molecular complexity index is 817. The van der Waals surface area contributed by atoms with E-state index in [-0.39, 0.29) is 18.2 Å². The molecule has 0 N–H and O–H groups in total. The number of nitrogens with zero attached hydrogens (tertiary/aromatic N) is 3. The van der Waals surface area contributed by atoms with Crippen LogP contribution in [-0.4, -0.2) is 41.0 Å². The van der Waals surface area contributed by atoms with Crippen LogP contribution in [0.1, 0.15) is 42.6 Å². The summed E-state index contributed by atoms with van der Waals surface area (Å²) in [6, 6.07) is 6.15. The molecule has 2 heterocycles. The van der Waals surface area contributed by atoms with E-state index in [1.165, 1.54) is 16.2 Å². The Hall–Kier alpha value is -2.24. The third-order valence-electron chi connectivity index (χ3n) is 4.68. The van der Waals surface area contributed by atoms with Crippen LogP contribution in [0.25, 0.3) is 9.88 Å². The zero-order chi connectivity index (χ0) is 18.6. The first-order chi connectivity index (χ1) is 12.6. The number of hydrogen-bond acceptors (Lipinski definition) is 7. The van der Waals surface area contributed by atoms with Crippen molar-refractivity contribution in [1.82, 2.24) is 9.88 Å². The summed E-state index contributed by atoms with van der Waals surface area (Å²) in [4.78, 5) is 31.3. The second kappa shape index (κ2) is 7.98. The van der Waals surface area contributed by atoms with Gasteiger partial charge in [-0.3, -0.25) is 4.79 Å². The van der Waals surface area contributed by atoms with Gasteiger partial charge in [-0.05, 0) is 24.3 Å². The van der Waals surface area contributed by atoms with Crippen LogP contribution in [0.2, 0.25) is 0 Å². The maximum atomic E-state index is 12.4. The van der Waals surface area contributed by atoms with Crippen LogP contribution < -0.4 is 0 Å². The highest BCUT2D eigenvalue weighted by molar-refractivity contribution is 7.20. The second-order valence-electron chi connectivity index (χ2n) is 6.25. The largest absolute Gasteiger partial charge is 0.451 e. The fourth-order valence-corrected chi connectivity index (χ4v) is 4.68. The third-order valence-corrected chi connectivity index (χ3v) is 6.56. The van der Waals surface area contributed by atoms with Crippen LogP contribution in [-0.2, 0) is 9.53 Å². The fraction of sp³-hybridized carbons (Fsp3) is 0.444. The predicted octanol–water partition coefficient (Wildman–Crippen LogP) is 3.71. The van der Waals surface area contributed by atoms with Gasteiger partial charge in [0.2, 0.25) is 0 Å². The highest BCUT2D eigenvalue weighted by Crippen LogP contribution is 2.32. The Morgan fingerprint density at radius 3 is 2.77 bits per heavy atom. The van der Waals surface area contributed by atoms with Gasteiger partial charge >= 0.3 is 5.97 Å². The Labute approximate surface area is 160 Å². The van der Waals surface area contributed by atoms with Crippen molar-refractivity contribution in [3.8, 4) is 16.0 Å². The molecule has 26 heavy (non-hydrogen) atoms. The highest BCUT2D eigenvalue weighted by atomic mass is 32.1. The van der Waals surface area contributed by atoms with Crippen molar-refractivity contribution in [3.05, 3.63) is 28.6 Å². The Morgan fingerprint density at radius 2 is 2.12 bits per heavy atom. The molecule has 6 nitrogen and oxygen atoms in total. The number of hydrogen-bond donors (Lipinski definition) is 0. The molecule has 0 unspecified atom stereocenters. The first kappa shape index (κ1) is 18.5. The summed E-state index contributed by atoms with van der Waals surface area (Å²) < 4.78 is 5.13. The summed E-state index contributed by atoms with van der Waals surface area (Å²) in [5.74, 6) is -0.990. The van der Waals surface area contributed by atoms with Crippen molar-refractivity contribution in [2.45, 2.75) is 37.6 Å². The zero-order valence-corrected chi connectivity index (χ0v) is 16.1. The highest BCUT2D eigenvalue weighted by Gasteiger charge is 2.39. The van der Waals surface area contributed by atoms with E-state index in [0.29, 0.717) is 12.8 Å². The average Bonchev–Trinajstić information content (AvgIpc) is 3.37. The minimum atomic E-state index is -0.783. The number of carbonyl (C=O) groups is 2. The summed E-state index contributed by atoms with van der Waals surface area (Å²) in [6.07, 6.45) is 4.26. The Morgan fingerprint density at radius 1 is 1.35 bits per heavy atom. The summed E-state index contributed by atoms with van der Waals surface area (Å²) in [6.45, 7) is -0.384. The van der Waals surface area contributed by atoms with Crippen LogP contribution in [0.15, 0.2) is 22.9 Å². The number of thiazole rings is 1. The molecule has 3 rings (SSSR count). The molecule has 0 saturated heterocycles. The summed E-state index contributed by atoms with van der Waals surface area (Å²) in [7, 11) is 1.61. The lowest BCUT2D eigenvalue weighted by atomic mass is 9.81. The van der Waals surface area contributed by atoms with Gasteiger partial charge in [0.1, 0.15) is 10.5 Å². The molecule has 0 aliphatic heterocycles. The zero-order valence-electron chi connectivity index (χ0n) is 14.4. The Balaban J connectivity index is 1.59. The molecule has 1 aliphatic rings. The molecule has 0 bridgehead atoms. The topological polar surface area (TPSA) is 83.3 Å². The van der Waals surface area contributed by atoms with Crippen molar-refractivity contribution >= 4 is 34.6 Å². The maximum absolute atomic E-state index is 12.4. The summed E-state index contributed by atoms with van der Waals surface area (Å²) in [5, 5.41) is 13.9. The van der Waals surface area contributed by atoms with Gasteiger partial charge in [-0.2, -0.15) is 5.26 Å². The molecule has 2 aromatic heterocycles. The normalized spacial score (nSPS) is 15.8. The Kier molecular flexibility index (Phi) is 5.69. The monoisotopic (exact) mass is 389 g/mol. The number of aromatic nitrogens is 1. The van der Waals surface area contributed by atoms with Gasteiger partial charge in [-0.15, -0.1) is 22.7 Å². The lowest BCUT2D eigenvalue weighted by Gasteiger charge is -2.38.